The fraction of sp³-hybridized carbons (Fsp3) is 0.450. The van der Waals surface area contributed by atoms with Crippen molar-refractivity contribution in [3.8, 4) is 0 Å². The Kier molecular flexibility index (Phi) is 5.48. The predicted molar refractivity (Wildman–Crippen MR) is 102 cm³/mol. The minimum atomic E-state index is -0.463. The molecule has 0 spiro atoms. The molecule has 144 valence electrons. The SMILES string of the molecule is CC(=O)NC[C@H]1CN(c2ccc3c(c2)C(=O)C(=CN(C)C)CCC3)C(=O)O1. The van der Waals surface area contributed by atoms with Crippen LogP contribution >= 0.6 is 0 Å². The second-order valence-corrected chi connectivity index (χ2v) is 7.20. The van der Waals surface area contributed by atoms with Crippen LogP contribution in [0.15, 0.2) is 30.0 Å². The van der Waals surface area contributed by atoms with E-state index in [1.165, 1.54) is 11.8 Å². The van der Waals surface area contributed by atoms with Crippen molar-refractivity contribution < 1.29 is 19.1 Å². The molecule has 1 fully saturated rings. The van der Waals surface area contributed by atoms with Gasteiger partial charge in [0.25, 0.3) is 0 Å². The van der Waals surface area contributed by atoms with Gasteiger partial charge in [-0.3, -0.25) is 14.5 Å². The molecule has 2 aliphatic rings. The van der Waals surface area contributed by atoms with Crippen LogP contribution in [0.1, 0.15) is 35.7 Å². The predicted octanol–water partition coefficient (Wildman–Crippen LogP) is 2.11. The minimum absolute atomic E-state index is 0.0143. The monoisotopic (exact) mass is 371 g/mol. The second kappa shape index (κ2) is 7.82. The van der Waals surface area contributed by atoms with E-state index < -0.39 is 12.2 Å². The summed E-state index contributed by atoms with van der Waals surface area (Å²) < 4.78 is 5.32. The van der Waals surface area contributed by atoms with E-state index in [2.05, 4.69) is 5.32 Å². The summed E-state index contributed by atoms with van der Waals surface area (Å²) in [7, 11) is 3.80. The Hall–Kier alpha value is -2.83. The fourth-order valence-electron chi connectivity index (χ4n) is 3.45. The maximum Gasteiger partial charge on any atom is 0.414 e. The lowest BCUT2D eigenvalue weighted by Gasteiger charge is -2.16. The van der Waals surface area contributed by atoms with Crippen LogP contribution in [0.2, 0.25) is 0 Å². The molecule has 1 N–H and O–H groups in total. The van der Waals surface area contributed by atoms with E-state index in [9.17, 15) is 14.4 Å². The number of hydrogen-bond acceptors (Lipinski definition) is 5. The van der Waals surface area contributed by atoms with Crippen LogP contribution in [0.5, 0.6) is 0 Å². The molecule has 1 saturated heterocycles. The van der Waals surface area contributed by atoms with Crippen LogP contribution in [0.4, 0.5) is 10.5 Å². The number of rotatable bonds is 4. The average molecular weight is 371 g/mol. The highest BCUT2D eigenvalue weighted by molar-refractivity contribution is 6.10. The van der Waals surface area contributed by atoms with Crippen LogP contribution in [0.25, 0.3) is 0 Å². The van der Waals surface area contributed by atoms with Crippen molar-refractivity contribution >= 4 is 23.5 Å². The van der Waals surface area contributed by atoms with E-state index in [1.807, 2.05) is 37.3 Å². The quantitative estimate of drug-likeness (QED) is 0.648. The van der Waals surface area contributed by atoms with E-state index in [1.54, 1.807) is 6.07 Å². The maximum absolute atomic E-state index is 13.0. The number of nitrogens with one attached hydrogen (secondary N) is 1. The normalized spacial score (nSPS) is 20.9. The highest BCUT2D eigenvalue weighted by Crippen LogP contribution is 2.30. The summed E-state index contributed by atoms with van der Waals surface area (Å²) in [6, 6.07) is 5.57. The topological polar surface area (TPSA) is 79.0 Å². The molecule has 1 aliphatic heterocycles. The molecule has 2 amide bonds. The van der Waals surface area contributed by atoms with Gasteiger partial charge in [0.15, 0.2) is 5.78 Å². The average Bonchev–Trinajstić information content (AvgIpc) is 2.91. The number of hydrogen-bond donors (Lipinski definition) is 1. The van der Waals surface area contributed by atoms with Gasteiger partial charge in [0.2, 0.25) is 5.91 Å². The van der Waals surface area contributed by atoms with Crippen molar-refractivity contribution in [1.82, 2.24) is 10.2 Å². The zero-order valence-corrected chi connectivity index (χ0v) is 15.9. The number of amides is 2. The first kappa shape index (κ1) is 18.9. The molecule has 0 unspecified atom stereocenters. The van der Waals surface area contributed by atoms with E-state index >= 15 is 0 Å². The molecule has 7 heteroatoms. The molecule has 1 heterocycles. The molecular weight excluding hydrogens is 346 g/mol. The minimum Gasteiger partial charge on any atom is -0.442 e. The molecule has 1 aromatic carbocycles. The molecule has 7 nitrogen and oxygen atoms in total. The maximum atomic E-state index is 13.0. The number of ketones is 1. The fourth-order valence-corrected chi connectivity index (χ4v) is 3.45. The van der Waals surface area contributed by atoms with E-state index in [-0.39, 0.29) is 18.2 Å². The van der Waals surface area contributed by atoms with Gasteiger partial charge < -0.3 is 15.0 Å². The number of carbonyl (C=O) groups is 3. The third kappa shape index (κ3) is 4.30. The number of carbonyl (C=O) groups excluding carboxylic acids is 3. The lowest BCUT2D eigenvalue weighted by Crippen LogP contribution is -2.33. The highest BCUT2D eigenvalue weighted by Gasteiger charge is 2.33. The Bertz CT molecular complexity index is 800. The zero-order chi connectivity index (χ0) is 19.6. The van der Waals surface area contributed by atoms with Crippen LogP contribution in [0, 0.1) is 0 Å². The molecule has 3 rings (SSSR count). The van der Waals surface area contributed by atoms with Gasteiger partial charge in [0, 0.05) is 44.0 Å². The summed E-state index contributed by atoms with van der Waals surface area (Å²) in [5.41, 5.74) is 3.08. The van der Waals surface area contributed by atoms with Crippen molar-refractivity contribution in [3.05, 3.63) is 41.1 Å². The summed E-state index contributed by atoms with van der Waals surface area (Å²) in [6.45, 7) is 2.04. The molecule has 0 bridgehead atoms. The zero-order valence-electron chi connectivity index (χ0n) is 15.9. The number of benzene rings is 1. The van der Waals surface area contributed by atoms with Crippen LogP contribution < -0.4 is 10.2 Å². The van der Waals surface area contributed by atoms with Crippen LogP contribution in [-0.2, 0) is 16.0 Å². The van der Waals surface area contributed by atoms with Crippen molar-refractivity contribution in [2.24, 2.45) is 0 Å². The Morgan fingerprint density at radius 3 is 2.81 bits per heavy atom. The summed E-state index contributed by atoms with van der Waals surface area (Å²) in [6.07, 6.45) is 3.50. The number of anilines is 1. The smallest absolute Gasteiger partial charge is 0.414 e. The van der Waals surface area contributed by atoms with Crippen molar-refractivity contribution in [1.29, 1.82) is 0 Å². The van der Waals surface area contributed by atoms with Gasteiger partial charge in [-0.1, -0.05) is 6.07 Å². The molecular formula is C20H25N3O4. The molecule has 1 aromatic rings. The molecule has 1 aliphatic carbocycles. The van der Waals surface area contributed by atoms with E-state index in [0.717, 1.165) is 30.4 Å². The van der Waals surface area contributed by atoms with Crippen molar-refractivity contribution in [3.63, 3.8) is 0 Å². The Morgan fingerprint density at radius 2 is 2.11 bits per heavy atom. The first-order valence-electron chi connectivity index (χ1n) is 9.12. The molecule has 0 aromatic heterocycles. The molecule has 0 saturated carbocycles. The van der Waals surface area contributed by atoms with Gasteiger partial charge in [-0.15, -0.1) is 0 Å². The number of nitrogens with zero attached hydrogens (tertiary/aromatic N) is 2. The Labute approximate surface area is 159 Å². The third-order valence-corrected chi connectivity index (χ3v) is 4.70. The van der Waals surface area contributed by atoms with Gasteiger partial charge in [-0.05, 0) is 37.0 Å². The standard InChI is InChI=1S/C20H25N3O4/c1-13(24)21-10-17-12-23(20(26)27-17)16-8-7-14-5-4-6-15(11-22(2)3)19(25)18(14)9-16/h7-9,11,17H,4-6,10,12H2,1-3H3,(H,21,24)/t17-/m0/s1. The van der Waals surface area contributed by atoms with Gasteiger partial charge in [-0.2, -0.15) is 0 Å². The van der Waals surface area contributed by atoms with Gasteiger partial charge in [-0.25, -0.2) is 4.79 Å². The van der Waals surface area contributed by atoms with Crippen molar-refractivity contribution in [2.45, 2.75) is 32.3 Å². The molecule has 0 radical (unpaired) electrons. The van der Waals surface area contributed by atoms with Crippen LogP contribution in [-0.4, -0.2) is 56.0 Å². The highest BCUT2D eigenvalue weighted by atomic mass is 16.6. The first-order chi connectivity index (χ1) is 12.8. The van der Waals surface area contributed by atoms with Gasteiger partial charge in [0.1, 0.15) is 6.10 Å². The van der Waals surface area contributed by atoms with Crippen molar-refractivity contribution in [2.75, 3.05) is 32.1 Å². The largest absolute Gasteiger partial charge is 0.442 e. The second-order valence-electron chi connectivity index (χ2n) is 7.20. The Balaban J connectivity index is 1.84. The van der Waals surface area contributed by atoms with E-state index in [0.29, 0.717) is 17.8 Å². The van der Waals surface area contributed by atoms with E-state index in [4.69, 9.17) is 4.74 Å². The van der Waals surface area contributed by atoms with Crippen LogP contribution in [0.3, 0.4) is 0 Å². The van der Waals surface area contributed by atoms with Gasteiger partial charge in [0.05, 0.1) is 13.1 Å². The molecule has 27 heavy (non-hydrogen) atoms. The number of cyclic esters (lactones) is 1. The number of allylic oxidation sites excluding steroid dienone is 1. The molecule has 1 atom stereocenters. The summed E-state index contributed by atoms with van der Waals surface area (Å²) in [5.74, 6) is -0.152. The first-order valence-corrected chi connectivity index (χ1v) is 9.12. The lowest BCUT2D eigenvalue weighted by atomic mass is 9.99. The summed E-state index contributed by atoms with van der Waals surface area (Å²) >= 11 is 0. The van der Waals surface area contributed by atoms with Gasteiger partial charge >= 0.3 is 6.09 Å². The third-order valence-electron chi connectivity index (χ3n) is 4.70. The summed E-state index contributed by atoms with van der Waals surface area (Å²) in [5, 5.41) is 2.66. The number of Topliss-reactive ketones (excluding diaryl/α,β-unsaturated/α-hetero) is 1. The number of fused-ring (bicyclic) bond motifs is 1. The lowest BCUT2D eigenvalue weighted by molar-refractivity contribution is -0.119. The number of aryl methyl sites for hydroxylation is 1. The Morgan fingerprint density at radius 1 is 1.33 bits per heavy atom. The number of ether oxygens (including phenoxy) is 1. The summed E-state index contributed by atoms with van der Waals surface area (Å²) in [4.78, 5) is 39.7.